The minimum Gasteiger partial charge on any atom is -0.469 e. The third-order valence-corrected chi connectivity index (χ3v) is 10.9. The molecule has 3 unspecified atom stereocenters. The lowest BCUT2D eigenvalue weighted by Gasteiger charge is -2.64. The molecule has 172 valence electrons. The number of aliphatic hydroxyl groups is 2. The van der Waals surface area contributed by atoms with Gasteiger partial charge in [-0.15, -0.1) is 0 Å². The van der Waals surface area contributed by atoms with Crippen molar-refractivity contribution in [2.45, 2.75) is 97.7 Å². The summed E-state index contributed by atoms with van der Waals surface area (Å²) in [5.41, 5.74) is 0.464. The van der Waals surface area contributed by atoms with Crippen LogP contribution in [-0.4, -0.2) is 35.5 Å². The molecule has 30 heavy (non-hydrogen) atoms. The second kappa shape index (κ2) is 8.06. The summed E-state index contributed by atoms with van der Waals surface area (Å²) in [6, 6.07) is 0. The fourth-order valence-corrected chi connectivity index (χ4v) is 9.42. The fraction of sp³-hybridized carbons (Fsp3) is 0.962. The van der Waals surface area contributed by atoms with Crippen LogP contribution in [0.4, 0.5) is 0 Å². The number of hydrogen-bond acceptors (Lipinski definition) is 4. The van der Waals surface area contributed by atoms with Crippen molar-refractivity contribution in [3.8, 4) is 0 Å². The van der Waals surface area contributed by atoms with Gasteiger partial charge in [-0.05, 0) is 97.2 Å². The highest BCUT2D eigenvalue weighted by atomic mass is 16.5. The molecular formula is C26H44O4. The van der Waals surface area contributed by atoms with Crippen LogP contribution in [0, 0.1) is 52.3 Å². The zero-order valence-corrected chi connectivity index (χ0v) is 19.8. The van der Waals surface area contributed by atoms with Gasteiger partial charge in [0.25, 0.3) is 0 Å². The van der Waals surface area contributed by atoms with Crippen LogP contribution in [0.1, 0.15) is 85.5 Å². The van der Waals surface area contributed by atoms with Crippen molar-refractivity contribution in [3.63, 3.8) is 0 Å². The van der Waals surface area contributed by atoms with Gasteiger partial charge in [-0.3, -0.25) is 4.79 Å². The Morgan fingerprint density at radius 1 is 1.03 bits per heavy atom. The molecule has 4 saturated carbocycles. The predicted octanol–water partition coefficient (Wildman–Crippen LogP) is 4.81. The van der Waals surface area contributed by atoms with Crippen molar-refractivity contribution in [1.82, 2.24) is 0 Å². The topological polar surface area (TPSA) is 66.8 Å². The van der Waals surface area contributed by atoms with E-state index < -0.39 is 0 Å². The monoisotopic (exact) mass is 420 g/mol. The summed E-state index contributed by atoms with van der Waals surface area (Å²) in [6.07, 6.45) is 8.73. The van der Waals surface area contributed by atoms with Gasteiger partial charge in [-0.1, -0.05) is 34.1 Å². The van der Waals surface area contributed by atoms with E-state index in [1.807, 2.05) is 0 Å². The Balaban J connectivity index is 1.63. The Labute approximate surface area is 183 Å². The van der Waals surface area contributed by atoms with Crippen molar-refractivity contribution in [2.24, 2.45) is 52.3 Å². The van der Waals surface area contributed by atoms with Crippen LogP contribution in [0.3, 0.4) is 0 Å². The van der Waals surface area contributed by atoms with Crippen LogP contribution >= 0.6 is 0 Å². The van der Waals surface area contributed by atoms with E-state index in [0.29, 0.717) is 47.8 Å². The van der Waals surface area contributed by atoms with Gasteiger partial charge in [-0.25, -0.2) is 0 Å². The normalized spacial score (nSPS) is 51.4. The number of hydrogen-bond donors (Lipinski definition) is 2. The number of esters is 1. The highest BCUT2D eigenvalue weighted by Gasteiger charge is 2.64. The Kier molecular flexibility index (Phi) is 6.07. The predicted molar refractivity (Wildman–Crippen MR) is 118 cm³/mol. The summed E-state index contributed by atoms with van der Waals surface area (Å²) >= 11 is 0. The maximum Gasteiger partial charge on any atom is 0.305 e. The Bertz CT molecular complexity index is 649. The summed E-state index contributed by atoms with van der Waals surface area (Å²) in [6.45, 7) is 9.41. The molecule has 0 heterocycles. The van der Waals surface area contributed by atoms with Crippen molar-refractivity contribution < 1.29 is 19.7 Å². The number of carbonyl (C=O) groups is 1. The number of ether oxygens (including phenoxy) is 1. The standard InChI is InChI=1S/C26H44O4/c1-6-17-21-14-16(27)9-11-26(21,4)20-10-12-25(3)18(15(2)13-22(28)30-5)7-8-19(25)23(20)24(17)29/h15-21,23-24,27,29H,6-14H2,1-5H3/t15-,16-,17-,18-,19+,20+,21?,23?,24-,25?,26+/m1/s1. The average molecular weight is 421 g/mol. The van der Waals surface area contributed by atoms with Gasteiger partial charge in [0.2, 0.25) is 0 Å². The van der Waals surface area contributed by atoms with Crippen molar-refractivity contribution in [1.29, 1.82) is 0 Å². The molecule has 0 aromatic carbocycles. The number of carbonyl (C=O) groups excluding carboxylic acids is 1. The number of rotatable bonds is 4. The minimum absolute atomic E-state index is 0.0944. The quantitative estimate of drug-likeness (QED) is 0.640. The number of aliphatic hydroxyl groups excluding tert-OH is 2. The first kappa shape index (κ1) is 22.6. The maximum absolute atomic E-state index is 11.9. The SMILES string of the molecule is CC[C@@H]1C2C[C@H](O)CC[C@@]2(C)[C@H]2CCC3(C)[C@@H]([C@H](C)CC(=O)OC)CC[C@H]3C2[C@@H]1O. The van der Waals surface area contributed by atoms with E-state index in [1.165, 1.54) is 32.8 Å². The Hall–Kier alpha value is -0.610. The zero-order valence-electron chi connectivity index (χ0n) is 19.8. The molecule has 2 N–H and O–H groups in total. The number of methoxy groups -OCH3 is 1. The maximum atomic E-state index is 11.9. The molecule has 11 atom stereocenters. The first-order valence-electron chi connectivity index (χ1n) is 12.6. The van der Waals surface area contributed by atoms with Gasteiger partial charge in [0.1, 0.15) is 0 Å². The lowest BCUT2D eigenvalue weighted by molar-refractivity contribution is -0.203. The van der Waals surface area contributed by atoms with Crippen molar-refractivity contribution in [3.05, 3.63) is 0 Å². The third-order valence-electron chi connectivity index (χ3n) is 10.9. The van der Waals surface area contributed by atoms with E-state index in [9.17, 15) is 15.0 Å². The van der Waals surface area contributed by atoms with Crippen LogP contribution in [0.15, 0.2) is 0 Å². The van der Waals surface area contributed by atoms with E-state index in [2.05, 4.69) is 27.7 Å². The zero-order chi connectivity index (χ0) is 21.8. The number of fused-ring (bicyclic) bond motifs is 5. The van der Waals surface area contributed by atoms with Gasteiger partial charge >= 0.3 is 5.97 Å². The Morgan fingerprint density at radius 3 is 2.37 bits per heavy atom. The smallest absolute Gasteiger partial charge is 0.305 e. The molecule has 4 heteroatoms. The first-order valence-corrected chi connectivity index (χ1v) is 12.6. The van der Waals surface area contributed by atoms with E-state index in [1.54, 1.807) is 0 Å². The van der Waals surface area contributed by atoms with Gasteiger partial charge in [0.15, 0.2) is 0 Å². The third kappa shape index (κ3) is 3.27. The van der Waals surface area contributed by atoms with E-state index in [4.69, 9.17) is 4.74 Å². The molecule has 0 aromatic rings. The molecule has 0 spiro atoms. The van der Waals surface area contributed by atoms with E-state index >= 15 is 0 Å². The van der Waals surface area contributed by atoms with E-state index in [0.717, 1.165) is 25.7 Å². The second-order valence-corrected chi connectivity index (χ2v) is 11.9. The van der Waals surface area contributed by atoms with Gasteiger partial charge in [0.05, 0.1) is 19.3 Å². The molecule has 0 amide bonds. The van der Waals surface area contributed by atoms with Crippen LogP contribution in [-0.2, 0) is 9.53 Å². The van der Waals surface area contributed by atoms with Crippen LogP contribution < -0.4 is 0 Å². The molecule has 0 bridgehead atoms. The minimum atomic E-state index is -0.248. The molecular weight excluding hydrogens is 376 g/mol. The molecule has 0 aliphatic heterocycles. The molecule has 4 aliphatic carbocycles. The summed E-state index contributed by atoms with van der Waals surface area (Å²) in [5.74, 6) is 3.02. The lowest BCUT2D eigenvalue weighted by atomic mass is 9.41. The summed E-state index contributed by atoms with van der Waals surface area (Å²) in [5, 5.41) is 22.1. The largest absolute Gasteiger partial charge is 0.469 e. The molecule has 4 fully saturated rings. The van der Waals surface area contributed by atoms with Crippen molar-refractivity contribution in [2.75, 3.05) is 7.11 Å². The average Bonchev–Trinajstić information content (AvgIpc) is 3.06. The Morgan fingerprint density at radius 2 is 1.70 bits per heavy atom. The molecule has 0 radical (unpaired) electrons. The molecule has 4 aliphatic rings. The van der Waals surface area contributed by atoms with E-state index in [-0.39, 0.29) is 29.0 Å². The molecule has 4 rings (SSSR count). The molecule has 4 nitrogen and oxygen atoms in total. The van der Waals surface area contributed by atoms with Crippen LogP contribution in [0.25, 0.3) is 0 Å². The second-order valence-electron chi connectivity index (χ2n) is 11.9. The first-order chi connectivity index (χ1) is 14.2. The van der Waals surface area contributed by atoms with Gasteiger partial charge in [-0.2, -0.15) is 0 Å². The van der Waals surface area contributed by atoms with Gasteiger partial charge < -0.3 is 14.9 Å². The summed E-state index contributed by atoms with van der Waals surface area (Å²) in [4.78, 5) is 11.9. The highest BCUT2D eigenvalue weighted by molar-refractivity contribution is 5.69. The lowest BCUT2D eigenvalue weighted by Crippen LogP contribution is -2.62. The molecule has 0 saturated heterocycles. The van der Waals surface area contributed by atoms with Crippen LogP contribution in [0.2, 0.25) is 0 Å². The van der Waals surface area contributed by atoms with Crippen LogP contribution in [0.5, 0.6) is 0 Å². The summed E-state index contributed by atoms with van der Waals surface area (Å²) < 4.78 is 4.96. The molecule has 0 aromatic heterocycles. The van der Waals surface area contributed by atoms with Gasteiger partial charge in [0, 0.05) is 6.42 Å². The highest BCUT2D eigenvalue weighted by Crippen LogP contribution is 2.69. The fourth-order valence-electron chi connectivity index (χ4n) is 9.42. The summed E-state index contributed by atoms with van der Waals surface area (Å²) in [7, 11) is 1.49. The van der Waals surface area contributed by atoms with Crippen molar-refractivity contribution >= 4 is 5.97 Å².